The van der Waals surface area contributed by atoms with Gasteiger partial charge in [-0.2, -0.15) is 0 Å². The number of aliphatic hydroxyl groups is 1. The highest BCUT2D eigenvalue weighted by molar-refractivity contribution is 5.93. The van der Waals surface area contributed by atoms with Gasteiger partial charge >= 0.3 is 11.9 Å². The van der Waals surface area contributed by atoms with Crippen molar-refractivity contribution in [1.29, 1.82) is 0 Å². The van der Waals surface area contributed by atoms with E-state index in [0.29, 0.717) is 0 Å². The molecule has 1 atom stereocenters. The van der Waals surface area contributed by atoms with Crippen LogP contribution in [-0.2, 0) is 14.4 Å². The van der Waals surface area contributed by atoms with Crippen molar-refractivity contribution in [3.63, 3.8) is 0 Å². The normalized spacial score (nSPS) is 17.5. The van der Waals surface area contributed by atoms with Crippen molar-refractivity contribution in [3.05, 3.63) is 11.8 Å². The van der Waals surface area contributed by atoms with E-state index < -0.39 is 36.5 Å². The van der Waals surface area contributed by atoms with Crippen LogP contribution in [0.3, 0.4) is 0 Å². The lowest BCUT2D eigenvalue weighted by molar-refractivity contribution is -0.149. The zero-order valence-corrected chi connectivity index (χ0v) is 9.13. The Morgan fingerprint density at radius 3 is 2.12 bits per heavy atom. The van der Waals surface area contributed by atoms with Gasteiger partial charge in [-0.25, -0.2) is 0 Å². The van der Waals surface area contributed by atoms with Gasteiger partial charge in [-0.3, -0.25) is 14.4 Å². The molecule has 0 heterocycles. The van der Waals surface area contributed by atoms with Crippen LogP contribution in [0.25, 0.3) is 0 Å². The fourth-order valence-electron chi connectivity index (χ4n) is 1.42. The maximum absolute atomic E-state index is 11.4. The number of ketones is 1. The summed E-state index contributed by atoms with van der Waals surface area (Å²) in [4.78, 5) is 32.5. The van der Waals surface area contributed by atoms with E-state index in [0.717, 1.165) is 18.9 Å². The van der Waals surface area contributed by atoms with Gasteiger partial charge in [0.15, 0.2) is 5.78 Å². The molecule has 1 saturated carbocycles. The molecule has 0 aromatic rings. The number of carboxylic acids is 2. The molecule has 0 saturated heterocycles. The van der Waals surface area contributed by atoms with Gasteiger partial charge in [-0.05, 0) is 12.8 Å². The third kappa shape index (κ3) is 4.67. The maximum atomic E-state index is 11.4. The average molecular weight is 242 g/mol. The highest BCUT2D eigenvalue weighted by atomic mass is 16.4. The molecular formula is C11H14O6. The predicted molar refractivity (Wildman–Crippen MR) is 56.4 cm³/mol. The molecule has 3 N–H and O–H groups in total. The minimum Gasteiger partial charge on any atom is -0.512 e. The zero-order chi connectivity index (χ0) is 13.0. The predicted octanol–water partition coefficient (Wildman–Crippen LogP) is 0.973. The molecule has 1 rings (SSSR count). The summed E-state index contributed by atoms with van der Waals surface area (Å²) in [6, 6.07) is 0. The molecule has 6 nitrogen and oxygen atoms in total. The highest BCUT2D eigenvalue weighted by Gasteiger charge is 2.28. The third-order valence-electron chi connectivity index (χ3n) is 2.52. The Morgan fingerprint density at radius 2 is 1.71 bits per heavy atom. The number of hydrogen-bond donors (Lipinski definition) is 3. The summed E-state index contributed by atoms with van der Waals surface area (Å²) in [6.45, 7) is 0. The Balaban J connectivity index is 2.54. The largest absolute Gasteiger partial charge is 0.512 e. The lowest BCUT2D eigenvalue weighted by atomic mass is 9.98. The maximum Gasteiger partial charge on any atom is 0.307 e. The van der Waals surface area contributed by atoms with Crippen LogP contribution >= 0.6 is 0 Å². The molecule has 6 heteroatoms. The molecule has 1 aliphatic rings. The summed E-state index contributed by atoms with van der Waals surface area (Å²) in [6.07, 6.45) is 1.66. The van der Waals surface area contributed by atoms with E-state index in [1.165, 1.54) is 0 Å². The van der Waals surface area contributed by atoms with Crippen LogP contribution in [-0.4, -0.2) is 33.0 Å². The van der Waals surface area contributed by atoms with Gasteiger partial charge in [-0.1, -0.05) is 0 Å². The number of rotatable bonds is 7. The fraction of sp³-hybridized carbons (Fsp3) is 0.545. The van der Waals surface area contributed by atoms with Crippen LogP contribution in [0.5, 0.6) is 0 Å². The van der Waals surface area contributed by atoms with Crippen molar-refractivity contribution in [2.24, 2.45) is 11.8 Å². The number of carboxylic acid groups (broad SMARTS) is 2. The van der Waals surface area contributed by atoms with Gasteiger partial charge in [0.1, 0.15) is 0 Å². The smallest absolute Gasteiger partial charge is 0.307 e. The first-order valence-electron chi connectivity index (χ1n) is 5.28. The van der Waals surface area contributed by atoms with Crippen LogP contribution in [0.2, 0.25) is 0 Å². The molecule has 0 radical (unpaired) electrons. The lowest BCUT2D eigenvalue weighted by Crippen LogP contribution is -2.20. The summed E-state index contributed by atoms with van der Waals surface area (Å²) >= 11 is 0. The van der Waals surface area contributed by atoms with E-state index >= 15 is 0 Å². The van der Waals surface area contributed by atoms with Gasteiger partial charge in [0, 0.05) is 18.4 Å². The van der Waals surface area contributed by atoms with Gasteiger partial charge in [0.05, 0.1) is 18.1 Å². The van der Waals surface area contributed by atoms with Crippen LogP contribution in [0, 0.1) is 11.8 Å². The Bertz CT molecular complexity index is 366. The van der Waals surface area contributed by atoms with Gasteiger partial charge < -0.3 is 15.3 Å². The zero-order valence-electron chi connectivity index (χ0n) is 9.13. The number of aliphatic hydroxyl groups excluding tert-OH is 1. The van der Waals surface area contributed by atoms with E-state index in [1.807, 2.05) is 0 Å². The first-order chi connectivity index (χ1) is 7.90. The van der Waals surface area contributed by atoms with E-state index in [1.54, 1.807) is 0 Å². The van der Waals surface area contributed by atoms with Crippen molar-refractivity contribution < 1.29 is 29.7 Å². The molecule has 1 aliphatic carbocycles. The second-order valence-electron chi connectivity index (χ2n) is 4.15. The van der Waals surface area contributed by atoms with Crippen molar-refractivity contribution >= 4 is 17.7 Å². The summed E-state index contributed by atoms with van der Waals surface area (Å²) in [7, 11) is 0. The number of hydrogen-bond acceptors (Lipinski definition) is 4. The second-order valence-corrected chi connectivity index (χ2v) is 4.15. The molecule has 0 spiro atoms. The summed E-state index contributed by atoms with van der Waals surface area (Å²) in [5.74, 6) is -4.40. The summed E-state index contributed by atoms with van der Waals surface area (Å²) in [5.41, 5.74) is 0. The molecule has 17 heavy (non-hydrogen) atoms. The first-order valence-corrected chi connectivity index (χ1v) is 5.28. The fourth-order valence-corrected chi connectivity index (χ4v) is 1.42. The Kier molecular flexibility index (Phi) is 4.25. The topological polar surface area (TPSA) is 112 Å². The molecule has 0 bridgehead atoms. The quantitative estimate of drug-likeness (QED) is 0.453. The number of aliphatic carboxylic acids is 2. The number of allylic oxidation sites excluding steroid dienone is 2. The monoisotopic (exact) mass is 242 g/mol. The van der Waals surface area contributed by atoms with E-state index in [9.17, 15) is 19.5 Å². The van der Waals surface area contributed by atoms with E-state index in [4.69, 9.17) is 10.2 Å². The molecule has 0 amide bonds. The van der Waals surface area contributed by atoms with Crippen molar-refractivity contribution in [2.45, 2.75) is 25.7 Å². The van der Waals surface area contributed by atoms with Crippen molar-refractivity contribution in [1.82, 2.24) is 0 Å². The third-order valence-corrected chi connectivity index (χ3v) is 2.52. The van der Waals surface area contributed by atoms with Crippen LogP contribution in [0.4, 0.5) is 0 Å². The van der Waals surface area contributed by atoms with Crippen molar-refractivity contribution in [3.8, 4) is 0 Å². The Hall–Kier alpha value is -1.85. The molecule has 94 valence electrons. The second kappa shape index (κ2) is 5.47. The number of carbonyl (C=O) groups excluding carboxylic acids is 1. The molecule has 0 aliphatic heterocycles. The van der Waals surface area contributed by atoms with Gasteiger partial charge in [0.2, 0.25) is 0 Å². The Morgan fingerprint density at radius 1 is 1.12 bits per heavy atom. The molecule has 1 fully saturated rings. The average Bonchev–Trinajstić information content (AvgIpc) is 2.98. The van der Waals surface area contributed by atoms with Gasteiger partial charge in [-0.15, -0.1) is 0 Å². The lowest BCUT2D eigenvalue weighted by Gasteiger charge is -2.07. The minimum atomic E-state index is -1.32. The molecule has 1 unspecified atom stereocenters. The van der Waals surface area contributed by atoms with Crippen LogP contribution in [0.1, 0.15) is 25.7 Å². The van der Waals surface area contributed by atoms with Crippen molar-refractivity contribution in [2.75, 3.05) is 0 Å². The Labute approximate surface area is 97.6 Å². The van der Waals surface area contributed by atoms with E-state index in [2.05, 4.69) is 0 Å². The summed E-state index contributed by atoms with van der Waals surface area (Å²) < 4.78 is 0. The highest BCUT2D eigenvalue weighted by Crippen LogP contribution is 2.34. The molecule has 0 aromatic heterocycles. The number of carbonyl (C=O) groups is 3. The molecule has 0 aromatic carbocycles. The first kappa shape index (κ1) is 13.2. The minimum absolute atomic E-state index is 0.0155. The summed E-state index contributed by atoms with van der Waals surface area (Å²) in [5, 5.41) is 26.6. The van der Waals surface area contributed by atoms with Crippen LogP contribution < -0.4 is 0 Å². The van der Waals surface area contributed by atoms with Gasteiger partial charge in [0.25, 0.3) is 0 Å². The standard InChI is InChI=1S/C11H14O6/c12-8(5-9(13)6-1-2-6)3-7(11(16)17)4-10(14)15/h5-7,13H,1-4H2,(H,14,15)(H,16,17)/b9-5-. The van der Waals surface area contributed by atoms with Crippen LogP contribution in [0.15, 0.2) is 11.8 Å². The molecular weight excluding hydrogens is 228 g/mol. The van der Waals surface area contributed by atoms with E-state index in [-0.39, 0.29) is 11.7 Å². The SMILES string of the molecule is O=C(O)CC(CC(=O)/C=C(\O)C1CC1)C(=O)O.